The zero-order valence-corrected chi connectivity index (χ0v) is 23.7. The molecule has 0 unspecified atom stereocenters. The molecular formula is C29H23BrN2O6S. The number of hydrogen-bond donors (Lipinski definition) is 0. The summed E-state index contributed by atoms with van der Waals surface area (Å²) in [7, 11) is 0. The Morgan fingerprint density at radius 2 is 1.82 bits per heavy atom. The van der Waals surface area contributed by atoms with Gasteiger partial charge < -0.3 is 13.9 Å². The third-order valence-electron chi connectivity index (χ3n) is 6.00. The number of fused-ring (bicyclic) bond motifs is 1. The molecule has 0 radical (unpaired) electrons. The Bertz CT molecular complexity index is 1780. The number of benzene rings is 2. The Hall–Kier alpha value is -4.02. The number of allylic oxidation sites excluding steroid dienone is 1. The van der Waals surface area contributed by atoms with Crippen molar-refractivity contribution in [1.82, 2.24) is 4.57 Å². The highest BCUT2D eigenvalue weighted by molar-refractivity contribution is 9.10. The molecule has 0 amide bonds. The van der Waals surface area contributed by atoms with Crippen molar-refractivity contribution >= 4 is 45.3 Å². The predicted octanol–water partition coefficient (Wildman–Crippen LogP) is 4.75. The van der Waals surface area contributed by atoms with Crippen LogP contribution in [-0.2, 0) is 14.3 Å². The molecular weight excluding hydrogens is 584 g/mol. The quantitative estimate of drug-likeness (QED) is 0.232. The molecule has 4 aromatic rings. The average Bonchev–Trinajstić information content (AvgIpc) is 3.48. The van der Waals surface area contributed by atoms with E-state index in [1.165, 1.54) is 22.8 Å². The van der Waals surface area contributed by atoms with Gasteiger partial charge in [0.1, 0.15) is 17.3 Å². The van der Waals surface area contributed by atoms with E-state index in [-0.39, 0.29) is 17.7 Å². The Morgan fingerprint density at radius 3 is 2.49 bits per heavy atom. The first kappa shape index (κ1) is 26.6. The van der Waals surface area contributed by atoms with E-state index in [0.29, 0.717) is 37.9 Å². The maximum atomic E-state index is 13.8. The van der Waals surface area contributed by atoms with E-state index < -0.39 is 18.0 Å². The predicted molar refractivity (Wildman–Crippen MR) is 150 cm³/mol. The van der Waals surface area contributed by atoms with E-state index in [4.69, 9.17) is 13.9 Å². The van der Waals surface area contributed by atoms with Gasteiger partial charge in [0.05, 0.1) is 28.5 Å². The lowest BCUT2D eigenvalue weighted by Crippen LogP contribution is -2.39. The van der Waals surface area contributed by atoms with Gasteiger partial charge >= 0.3 is 11.9 Å². The SMILES string of the molecule is CCOC(=O)C1=C(C)N=c2s/c(=C\c3ccc(-c4ccc(Br)cc4)o3)c(=O)n2[C@@H]1c1ccc(OC(C)=O)cc1. The highest BCUT2D eigenvalue weighted by Gasteiger charge is 2.33. The van der Waals surface area contributed by atoms with Crippen LogP contribution in [0.15, 0.2) is 90.6 Å². The van der Waals surface area contributed by atoms with Gasteiger partial charge in [-0.25, -0.2) is 9.79 Å². The molecule has 39 heavy (non-hydrogen) atoms. The van der Waals surface area contributed by atoms with Crippen LogP contribution < -0.4 is 19.6 Å². The minimum Gasteiger partial charge on any atom is -0.463 e. The number of ether oxygens (including phenoxy) is 2. The smallest absolute Gasteiger partial charge is 0.338 e. The van der Waals surface area contributed by atoms with Crippen LogP contribution in [-0.4, -0.2) is 23.1 Å². The van der Waals surface area contributed by atoms with Gasteiger partial charge in [0.25, 0.3) is 5.56 Å². The van der Waals surface area contributed by atoms with Crippen LogP contribution >= 0.6 is 27.3 Å². The molecule has 8 nitrogen and oxygen atoms in total. The van der Waals surface area contributed by atoms with Crippen molar-refractivity contribution in [2.45, 2.75) is 26.8 Å². The molecule has 0 spiro atoms. The molecule has 0 saturated heterocycles. The highest BCUT2D eigenvalue weighted by atomic mass is 79.9. The molecule has 0 bridgehead atoms. The van der Waals surface area contributed by atoms with Gasteiger partial charge in [0.15, 0.2) is 4.80 Å². The standard InChI is InChI=1S/C29H23BrN2O6S/c1-4-36-28(35)25-16(2)31-29-32(26(25)19-7-11-21(12-8-19)37-17(3)33)27(34)24(39-29)15-22-13-14-23(38-22)18-5-9-20(30)10-6-18/h5-15,26H,4H2,1-3H3/b24-15-/t26-/m1/s1. The Balaban J connectivity index is 1.61. The molecule has 2 aromatic heterocycles. The molecule has 0 saturated carbocycles. The second-order valence-corrected chi connectivity index (χ2v) is 10.6. The average molecular weight is 607 g/mol. The number of thiazole rings is 1. The van der Waals surface area contributed by atoms with Gasteiger partial charge in [-0.1, -0.05) is 51.5 Å². The van der Waals surface area contributed by atoms with Crippen molar-refractivity contribution in [3.05, 3.63) is 107 Å². The first-order chi connectivity index (χ1) is 18.7. The molecule has 1 aliphatic heterocycles. The Morgan fingerprint density at radius 1 is 1.10 bits per heavy atom. The van der Waals surface area contributed by atoms with E-state index in [9.17, 15) is 14.4 Å². The van der Waals surface area contributed by atoms with Gasteiger partial charge in [-0.3, -0.25) is 14.2 Å². The monoisotopic (exact) mass is 606 g/mol. The number of rotatable bonds is 6. The minimum atomic E-state index is -0.774. The second-order valence-electron chi connectivity index (χ2n) is 8.67. The summed E-state index contributed by atoms with van der Waals surface area (Å²) in [4.78, 5) is 43.2. The second kappa shape index (κ2) is 11.0. The van der Waals surface area contributed by atoms with Gasteiger partial charge in [-0.15, -0.1) is 0 Å². The molecule has 1 atom stereocenters. The van der Waals surface area contributed by atoms with Crippen LogP contribution in [0.1, 0.15) is 38.1 Å². The lowest BCUT2D eigenvalue weighted by molar-refractivity contribution is -0.139. The van der Waals surface area contributed by atoms with Crippen LogP contribution in [0.5, 0.6) is 5.75 Å². The molecule has 2 aromatic carbocycles. The summed E-state index contributed by atoms with van der Waals surface area (Å²) in [5, 5.41) is 0. The largest absolute Gasteiger partial charge is 0.463 e. The van der Waals surface area contributed by atoms with E-state index in [2.05, 4.69) is 20.9 Å². The lowest BCUT2D eigenvalue weighted by atomic mass is 9.96. The number of carbonyl (C=O) groups excluding carboxylic acids is 2. The van der Waals surface area contributed by atoms with Crippen molar-refractivity contribution in [3.63, 3.8) is 0 Å². The van der Waals surface area contributed by atoms with E-state index in [1.54, 1.807) is 50.3 Å². The molecule has 0 fully saturated rings. The van der Waals surface area contributed by atoms with Crippen LogP contribution in [0.3, 0.4) is 0 Å². The molecule has 198 valence electrons. The summed E-state index contributed by atoms with van der Waals surface area (Å²) in [6, 6.07) is 17.3. The third-order valence-corrected chi connectivity index (χ3v) is 7.51. The number of esters is 2. The molecule has 3 heterocycles. The van der Waals surface area contributed by atoms with Crippen molar-refractivity contribution in [2.24, 2.45) is 4.99 Å². The maximum absolute atomic E-state index is 13.8. The zero-order valence-electron chi connectivity index (χ0n) is 21.3. The molecule has 0 aliphatic carbocycles. The number of furan rings is 1. The van der Waals surface area contributed by atoms with Crippen LogP contribution in [0.4, 0.5) is 0 Å². The summed E-state index contributed by atoms with van der Waals surface area (Å²) in [6.07, 6.45) is 1.68. The van der Waals surface area contributed by atoms with Crippen molar-refractivity contribution < 1.29 is 23.5 Å². The van der Waals surface area contributed by atoms with Crippen molar-refractivity contribution in [1.29, 1.82) is 0 Å². The number of aromatic nitrogens is 1. The summed E-state index contributed by atoms with van der Waals surface area (Å²) < 4.78 is 19.3. The first-order valence-corrected chi connectivity index (χ1v) is 13.7. The van der Waals surface area contributed by atoms with E-state index in [1.807, 2.05) is 30.3 Å². The first-order valence-electron chi connectivity index (χ1n) is 12.1. The molecule has 5 rings (SSSR count). The number of halogens is 1. The van der Waals surface area contributed by atoms with Crippen molar-refractivity contribution in [3.8, 4) is 17.1 Å². The van der Waals surface area contributed by atoms with Gasteiger partial charge in [0, 0.05) is 23.0 Å². The van der Waals surface area contributed by atoms with Crippen LogP contribution in [0.2, 0.25) is 0 Å². The highest BCUT2D eigenvalue weighted by Crippen LogP contribution is 2.32. The van der Waals surface area contributed by atoms with E-state index >= 15 is 0 Å². The van der Waals surface area contributed by atoms with Crippen molar-refractivity contribution in [2.75, 3.05) is 6.61 Å². The summed E-state index contributed by atoms with van der Waals surface area (Å²) >= 11 is 4.64. The fourth-order valence-electron chi connectivity index (χ4n) is 4.32. The molecule has 10 heteroatoms. The van der Waals surface area contributed by atoms with Gasteiger partial charge in [-0.05, 0) is 55.8 Å². The van der Waals surface area contributed by atoms with Crippen LogP contribution in [0.25, 0.3) is 17.4 Å². The number of carbonyl (C=O) groups is 2. The Kier molecular flexibility index (Phi) is 7.49. The summed E-state index contributed by atoms with van der Waals surface area (Å²) in [5.41, 5.74) is 1.97. The maximum Gasteiger partial charge on any atom is 0.338 e. The minimum absolute atomic E-state index is 0.178. The zero-order chi connectivity index (χ0) is 27.7. The van der Waals surface area contributed by atoms with Gasteiger partial charge in [-0.2, -0.15) is 0 Å². The normalized spacial score (nSPS) is 15.1. The summed E-state index contributed by atoms with van der Waals surface area (Å²) in [6.45, 7) is 4.94. The van der Waals surface area contributed by atoms with E-state index in [0.717, 1.165) is 10.0 Å². The topological polar surface area (TPSA) is 100 Å². The Labute approximate surface area is 235 Å². The number of hydrogen-bond acceptors (Lipinski definition) is 8. The van der Waals surface area contributed by atoms with Gasteiger partial charge in [0.2, 0.25) is 0 Å². The van der Waals surface area contributed by atoms with Crippen LogP contribution in [0, 0.1) is 0 Å². The molecule has 0 N–H and O–H groups in total. The molecule has 1 aliphatic rings. The number of nitrogens with zero attached hydrogens (tertiary/aromatic N) is 2. The fraction of sp³-hybridized carbons (Fsp3) is 0.172. The third kappa shape index (κ3) is 5.43. The lowest BCUT2D eigenvalue weighted by Gasteiger charge is -2.24. The fourth-order valence-corrected chi connectivity index (χ4v) is 5.61. The summed E-state index contributed by atoms with van der Waals surface area (Å²) in [5.74, 6) is 0.554.